The van der Waals surface area contributed by atoms with Crippen LogP contribution >= 0.6 is 39.1 Å². The Morgan fingerprint density at radius 3 is 2.57 bits per heavy atom. The average molecular weight is 570 g/mol. The first kappa shape index (κ1) is 23.7. The summed E-state index contributed by atoms with van der Waals surface area (Å²) in [7, 11) is 0. The molecule has 4 aromatic rings. The Balaban J connectivity index is 1.30. The van der Waals surface area contributed by atoms with Crippen LogP contribution in [-0.4, -0.2) is 17.5 Å². The highest BCUT2D eigenvalue weighted by Gasteiger charge is 2.21. The third-order valence-electron chi connectivity index (χ3n) is 5.51. The van der Waals surface area contributed by atoms with Gasteiger partial charge >= 0.3 is 0 Å². The molecule has 2 heterocycles. The van der Waals surface area contributed by atoms with Crippen LogP contribution in [0.1, 0.15) is 22.3 Å². The summed E-state index contributed by atoms with van der Waals surface area (Å²) in [4.78, 5) is 17.3. The van der Waals surface area contributed by atoms with E-state index in [-0.39, 0.29) is 5.91 Å². The summed E-state index contributed by atoms with van der Waals surface area (Å²) in [5, 5.41) is 3.99. The normalized spacial score (nSPS) is 12.4. The van der Waals surface area contributed by atoms with Gasteiger partial charge in [0.25, 0.3) is 5.91 Å². The number of nitrogens with one attached hydrogen (secondary N) is 1. The molecule has 0 fully saturated rings. The molecule has 0 unspecified atom stereocenters. The van der Waals surface area contributed by atoms with E-state index in [0.717, 1.165) is 35.4 Å². The summed E-state index contributed by atoms with van der Waals surface area (Å²) in [5.41, 5.74) is 3.17. The van der Waals surface area contributed by atoms with Crippen LogP contribution in [0.5, 0.6) is 17.2 Å². The van der Waals surface area contributed by atoms with Crippen molar-refractivity contribution in [3.8, 4) is 28.5 Å². The number of hydrogen-bond donors (Lipinski definition) is 1. The number of halogens is 3. The van der Waals surface area contributed by atoms with Crippen molar-refractivity contribution in [1.29, 1.82) is 0 Å². The molecule has 1 aliphatic heterocycles. The summed E-state index contributed by atoms with van der Waals surface area (Å²) < 4.78 is 12.5. The summed E-state index contributed by atoms with van der Waals surface area (Å²) >= 11 is 16.0. The number of amides is 1. The monoisotopic (exact) mass is 568 g/mol. The molecule has 1 aromatic heterocycles. The van der Waals surface area contributed by atoms with Gasteiger partial charge in [0.2, 0.25) is 0 Å². The van der Waals surface area contributed by atoms with Gasteiger partial charge in [-0.25, -0.2) is 4.98 Å². The summed E-state index contributed by atoms with van der Waals surface area (Å²) in [6, 6.07) is 21.5. The van der Waals surface area contributed by atoms with Gasteiger partial charge in [0.05, 0.1) is 17.3 Å². The van der Waals surface area contributed by atoms with E-state index in [1.54, 1.807) is 42.5 Å². The van der Waals surface area contributed by atoms with Crippen LogP contribution in [0.4, 0.5) is 5.82 Å². The first-order valence-electron chi connectivity index (χ1n) is 10.9. The molecule has 1 amide bonds. The van der Waals surface area contributed by atoms with E-state index in [1.165, 1.54) is 0 Å². The maximum atomic E-state index is 12.8. The Kier molecular flexibility index (Phi) is 6.95. The zero-order valence-electron chi connectivity index (χ0n) is 18.4. The number of hydrogen-bond acceptors (Lipinski definition) is 4. The predicted molar refractivity (Wildman–Crippen MR) is 142 cm³/mol. The van der Waals surface area contributed by atoms with Gasteiger partial charge in [0.15, 0.2) is 5.75 Å². The average Bonchev–Trinajstić information content (AvgIpc) is 2.87. The van der Waals surface area contributed by atoms with Crippen molar-refractivity contribution in [1.82, 2.24) is 4.98 Å². The Morgan fingerprint density at radius 1 is 1.03 bits per heavy atom. The van der Waals surface area contributed by atoms with Crippen LogP contribution in [0.15, 0.2) is 77.3 Å². The minimum atomic E-state index is -0.279. The largest absolute Gasteiger partial charge is 0.492 e. The summed E-state index contributed by atoms with van der Waals surface area (Å²) in [6.45, 7) is 0.661. The maximum absolute atomic E-state index is 12.8. The lowest BCUT2D eigenvalue weighted by atomic mass is 10.1. The lowest BCUT2D eigenvalue weighted by Gasteiger charge is -2.21. The van der Waals surface area contributed by atoms with Crippen LogP contribution in [-0.2, 0) is 6.42 Å². The Morgan fingerprint density at radius 2 is 1.80 bits per heavy atom. The fourth-order valence-corrected chi connectivity index (χ4v) is 4.94. The highest BCUT2D eigenvalue weighted by Crippen LogP contribution is 2.46. The van der Waals surface area contributed by atoms with Gasteiger partial charge in [-0.05, 0) is 88.9 Å². The molecule has 0 saturated carbocycles. The lowest BCUT2D eigenvalue weighted by Crippen LogP contribution is -2.13. The topological polar surface area (TPSA) is 60.5 Å². The zero-order chi connectivity index (χ0) is 24.4. The summed E-state index contributed by atoms with van der Waals surface area (Å²) in [5.74, 6) is 1.96. The first-order valence-corrected chi connectivity index (χ1v) is 12.5. The number of aryl methyl sites for hydroxylation is 1. The Bertz CT molecular complexity index is 1390. The fraction of sp³-hybridized carbons (Fsp3) is 0.111. The van der Waals surface area contributed by atoms with Gasteiger partial charge in [-0.15, -0.1) is 0 Å². The number of anilines is 1. The van der Waals surface area contributed by atoms with Crippen molar-refractivity contribution in [2.45, 2.75) is 12.8 Å². The Hall–Kier alpha value is -3.06. The fourth-order valence-electron chi connectivity index (χ4n) is 3.77. The quantitative estimate of drug-likeness (QED) is 0.263. The van der Waals surface area contributed by atoms with Crippen molar-refractivity contribution < 1.29 is 14.3 Å². The molecule has 5 nitrogen and oxygen atoms in total. The zero-order valence-corrected chi connectivity index (χ0v) is 21.5. The van der Waals surface area contributed by atoms with E-state index in [1.807, 2.05) is 30.3 Å². The summed E-state index contributed by atoms with van der Waals surface area (Å²) in [6.07, 6.45) is 1.87. The minimum Gasteiger partial charge on any atom is -0.492 e. The number of fused-ring (bicyclic) bond motifs is 1. The minimum absolute atomic E-state index is 0.279. The molecule has 5 rings (SSSR count). The number of rotatable bonds is 5. The van der Waals surface area contributed by atoms with Crippen LogP contribution in [0.3, 0.4) is 0 Å². The molecule has 35 heavy (non-hydrogen) atoms. The number of benzene rings is 3. The van der Waals surface area contributed by atoms with Crippen LogP contribution in [0, 0.1) is 0 Å². The Labute approximate surface area is 221 Å². The van der Waals surface area contributed by atoms with Gasteiger partial charge in [-0.2, -0.15) is 0 Å². The molecule has 8 heteroatoms. The van der Waals surface area contributed by atoms with Crippen molar-refractivity contribution in [3.63, 3.8) is 0 Å². The van der Waals surface area contributed by atoms with Crippen LogP contribution < -0.4 is 14.8 Å². The number of aromatic nitrogens is 1. The van der Waals surface area contributed by atoms with Crippen molar-refractivity contribution >= 4 is 50.9 Å². The molecule has 3 aromatic carbocycles. The number of carbonyl (C=O) groups is 1. The van der Waals surface area contributed by atoms with E-state index in [4.69, 9.17) is 32.7 Å². The van der Waals surface area contributed by atoms with Crippen LogP contribution in [0.25, 0.3) is 11.3 Å². The molecule has 0 saturated heterocycles. The molecule has 176 valence electrons. The molecule has 0 bridgehead atoms. The standard InChI is InChI=1S/C27H19BrCl2N2O3/c28-24-25-18(3-2-14-34-25)15-21(30)26(24)35-20-12-8-17(9-13-20)27(33)32-23-5-1-4-22(31-23)16-6-10-19(29)11-7-16/h1,4-13,15H,2-3,14H2,(H,31,32,33). The maximum Gasteiger partial charge on any atom is 0.256 e. The number of pyridine rings is 1. The van der Waals surface area contributed by atoms with Gasteiger partial charge in [-0.1, -0.05) is 41.4 Å². The lowest BCUT2D eigenvalue weighted by molar-refractivity contribution is 0.102. The third kappa shape index (κ3) is 5.30. The van der Waals surface area contributed by atoms with Crippen LogP contribution in [0.2, 0.25) is 10.0 Å². The van der Waals surface area contributed by atoms with E-state index in [0.29, 0.717) is 44.0 Å². The van der Waals surface area contributed by atoms with E-state index in [2.05, 4.69) is 26.2 Å². The molecule has 1 N–H and O–H groups in total. The smallest absolute Gasteiger partial charge is 0.256 e. The highest BCUT2D eigenvalue weighted by molar-refractivity contribution is 9.10. The van der Waals surface area contributed by atoms with Crippen molar-refractivity contribution in [2.75, 3.05) is 11.9 Å². The second kappa shape index (κ2) is 10.3. The number of ether oxygens (including phenoxy) is 2. The third-order valence-corrected chi connectivity index (χ3v) is 6.77. The van der Waals surface area contributed by atoms with Gasteiger partial charge < -0.3 is 14.8 Å². The molecule has 0 radical (unpaired) electrons. The molecular weight excluding hydrogens is 551 g/mol. The second-order valence-corrected chi connectivity index (χ2v) is 9.57. The number of carbonyl (C=O) groups excluding carboxylic acids is 1. The molecule has 0 atom stereocenters. The molecule has 0 spiro atoms. The molecule has 0 aliphatic carbocycles. The first-order chi connectivity index (χ1) is 17.0. The second-order valence-electron chi connectivity index (χ2n) is 7.94. The van der Waals surface area contributed by atoms with E-state index >= 15 is 0 Å². The number of nitrogens with zero attached hydrogens (tertiary/aromatic N) is 1. The van der Waals surface area contributed by atoms with Gasteiger partial charge in [0.1, 0.15) is 21.8 Å². The highest BCUT2D eigenvalue weighted by atomic mass is 79.9. The van der Waals surface area contributed by atoms with E-state index in [9.17, 15) is 4.79 Å². The molecule has 1 aliphatic rings. The molecular formula is C27H19BrCl2N2O3. The van der Waals surface area contributed by atoms with E-state index < -0.39 is 0 Å². The SMILES string of the molecule is O=C(Nc1cccc(-c2ccc(Cl)cc2)n1)c1ccc(Oc2c(Cl)cc3c(c2Br)OCCC3)cc1. The van der Waals surface area contributed by atoms with Gasteiger partial charge in [0, 0.05) is 16.1 Å². The van der Waals surface area contributed by atoms with Crippen molar-refractivity contribution in [2.24, 2.45) is 0 Å². The predicted octanol–water partition coefficient (Wildman–Crippen LogP) is 8.19. The van der Waals surface area contributed by atoms with Crippen molar-refractivity contribution in [3.05, 3.63) is 98.4 Å². The van der Waals surface area contributed by atoms with Gasteiger partial charge in [-0.3, -0.25) is 4.79 Å².